The van der Waals surface area contributed by atoms with E-state index < -0.39 is 6.04 Å². The van der Waals surface area contributed by atoms with Crippen molar-refractivity contribution in [3.05, 3.63) is 29.8 Å². The Labute approximate surface area is 137 Å². The maximum atomic E-state index is 12.0. The summed E-state index contributed by atoms with van der Waals surface area (Å²) in [6.45, 7) is 3.96. The lowest BCUT2D eigenvalue weighted by atomic mass is 9.99. The fraction of sp³-hybridized carbons (Fsp3) is 0.500. The minimum atomic E-state index is -0.521. The lowest BCUT2D eigenvalue weighted by molar-refractivity contribution is -0.118. The smallest absolute Gasteiger partial charge is 0.251 e. The number of anilines is 1. The molecule has 6 heteroatoms. The van der Waals surface area contributed by atoms with Crippen LogP contribution >= 0.6 is 12.4 Å². The molecule has 5 nitrogen and oxygen atoms in total. The van der Waals surface area contributed by atoms with E-state index in [1.54, 1.807) is 24.3 Å². The fourth-order valence-electron chi connectivity index (χ4n) is 1.94. The van der Waals surface area contributed by atoms with Crippen LogP contribution in [0.15, 0.2) is 24.3 Å². The summed E-state index contributed by atoms with van der Waals surface area (Å²) < 4.78 is 0. The Morgan fingerprint density at radius 1 is 1.27 bits per heavy atom. The van der Waals surface area contributed by atoms with E-state index in [-0.39, 0.29) is 30.1 Å². The molecule has 1 aromatic carbocycles. The second-order valence-corrected chi connectivity index (χ2v) is 5.73. The molecular weight excluding hydrogens is 302 g/mol. The molecule has 1 aliphatic rings. The van der Waals surface area contributed by atoms with Crippen molar-refractivity contribution in [2.45, 2.75) is 45.2 Å². The van der Waals surface area contributed by atoms with Crippen molar-refractivity contribution < 1.29 is 9.59 Å². The SMILES string of the molecule is CCC(C)C(N)C(=O)Nc1ccc(C(=O)NC2CC2)cc1.Cl. The predicted octanol–water partition coefficient (Wildman–Crippen LogP) is 2.31. The summed E-state index contributed by atoms with van der Waals surface area (Å²) in [4.78, 5) is 23.8. The summed E-state index contributed by atoms with van der Waals surface area (Å²) in [5.41, 5.74) is 7.14. The normalized spacial score (nSPS) is 16.1. The number of hydrogen-bond acceptors (Lipinski definition) is 3. The minimum Gasteiger partial charge on any atom is -0.349 e. The van der Waals surface area contributed by atoms with Gasteiger partial charge in [0, 0.05) is 17.3 Å². The van der Waals surface area contributed by atoms with Crippen LogP contribution in [0.1, 0.15) is 43.5 Å². The number of carbonyl (C=O) groups is 2. The van der Waals surface area contributed by atoms with Gasteiger partial charge in [-0.15, -0.1) is 12.4 Å². The van der Waals surface area contributed by atoms with Gasteiger partial charge in [0.05, 0.1) is 6.04 Å². The van der Waals surface area contributed by atoms with Crippen molar-refractivity contribution in [2.24, 2.45) is 11.7 Å². The fourth-order valence-corrected chi connectivity index (χ4v) is 1.94. The number of halogens is 1. The molecule has 2 amide bonds. The number of benzene rings is 1. The van der Waals surface area contributed by atoms with Gasteiger partial charge in [0.15, 0.2) is 0 Å². The average Bonchev–Trinajstić information content (AvgIpc) is 3.30. The van der Waals surface area contributed by atoms with E-state index in [0.29, 0.717) is 17.3 Å². The van der Waals surface area contributed by atoms with E-state index >= 15 is 0 Å². The first kappa shape index (κ1) is 18.5. The molecule has 0 saturated heterocycles. The first-order valence-electron chi connectivity index (χ1n) is 7.48. The maximum Gasteiger partial charge on any atom is 0.251 e. The van der Waals surface area contributed by atoms with E-state index in [0.717, 1.165) is 19.3 Å². The highest BCUT2D eigenvalue weighted by Gasteiger charge is 2.24. The Bertz CT molecular complexity index is 515. The van der Waals surface area contributed by atoms with Crippen LogP contribution in [-0.2, 0) is 4.79 Å². The van der Waals surface area contributed by atoms with E-state index in [9.17, 15) is 9.59 Å². The summed E-state index contributed by atoms with van der Waals surface area (Å²) in [5, 5.41) is 5.71. The molecule has 0 bridgehead atoms. The first-order valence-corrected chi connectivity index (χ1v) is 7.48. The van der Waals surface area contributed by atoms with Gasteiger partial charge >= 0.3 is 0 Å². The maximum absolute atomic E-state index is 12.0. The number of amides is 2. The van der Waals surface area contributed by atoms with Crippen LogP contribution in [0.2, 0.25) is 0 Å². The third kappa shape index (κ3) is 5.00. The quantitative estimate of drug-likeness (QED) is 0.750. The Kier molecular flexibility index (Phi) is 6.84. The monoisotopic (exact) mass is 325 g/mol. The lowest BCUT2D eigenvalue weighted by Gasteiger charge is -2.17. The Morgan fingerprint density at radius 2 is 1.86 bits per heavy atom. The molecule has 122 valence electrons. The summed E-state index contributed by atoms with van der Waals surface area (Å²) in [5.74, 6) is -0.125. The number of nitrogens with two attached hydrogens (primary N) is 1. The molecule has 0 aromatic heterocycles. The van der Waals surface area contributed by atoms with Crippen LogP contribution < -0.4 is 16.4 Å². The molecule has 2 atom stereocenters. The molecule has 1 saturated carbocycles. The zero-order chi connectivity index (χ0) is 15.4. The first-order chi connectivity index (χ1) is 10.0. The standard InChI is InChI=1S/C16H23N3O2.ClH/c1-3-10(2)14(17)16(21)19-12-6-4-11(5-7-12)15(20)18-13-8-9-13;/h4-7,10,13-14H,3,8-9,17H2,1-2H3,(H,18,20)(H,19,21);1H. The molecule has 0 radical (unpaired) electrons. The zero-order valence-electron chi connectivity index (χ0n) is 13.0. The zero-order valence-corrected chi connectivity index (χ0v) is 13.8. The summed E-state index contributed by atoms with van der Waals surface area (Å²) in [6, 6.07) is 6.69. The lowest BCUT2D eigenvalue weighted by Crippen LogP contribution is -2.40. The number of rotatable bonds is 6. The van der Waals surface area contributed by atoms with Gasteiger partial charge in [0.1, 0.15) is 0 Å². The van der Waals surface area contributed by atoms with Crippen LogP contribution in [0.25, 0.3) is 0 Å². The van der Waals surface area contributed by atoms with Gasteiger partial charge in [0.25, 0.3) is 5.91 Å². The summed E-state index contributed by atoms with van der Waals surface area (Å²) in [6.07, 6.45) is 2.98. The third-order valence-corrected chi connectivity index (χ3v) is 3.89. The number of carbonyl (C=O) groups excluding carboxylic acids is 2. The molecule has 4 N–H and O–H groups in total. The molecule has 1 fully saturated rings. The van der Waals surface area contributed by atoms with Crippen molar-refractivity contribution in [1.29, 1.82) is 0 Å². The van der Waals surface area contributed by atoms with Gasteiger partial charge < -0.3 is 16.4 Å². The number of nitrogens with one attached hydrogen (secondary N) is 2. The Morgan fingerprint density at radius 3 is 2.36 bits per heavy atom. The van der Waals surface area contributed by atoms with Crippen molar-refractivity contribution in [2.75, 3.05) is 5.32 Å². The van der Waals surface area contributed by atoms with Gasteiger partial charge in [-0.2, -0.15) is 0 Å². The van der Waals surface area contributed by atoms with Gasteiger partial charge in [-0.1, -0.05) is 20.3 Å². The topological polar surface area (TPSA) is 84.2 Å². The van der Waals surface area contributed by atoms with Crippen LogP contribution in [0.3, 0.4) is 0 Å². The van der Waals surface area contributed by atoms with Gasteiger partial charge in [-0.3, -0.25) is 9.59 Å². The highest BCUT2D eigenvalue weighted by atomic mass is 35.5. The van der Waals surface area contributed by atoms with E-state index in [4.69, 9.17) is 5.73 Å². The minimum absolute atomic E-state index is 0. The summed E-state index contributed by atoms with van der Waals surface area (Å²) in [7, 11) is 0. The van der Waals surface area contributed by atoms with E-state index in [1.807, 2.05) is 13.8 Å². The van der Waals surface area contributed by atoms with Crippen molar-refractivity contribution in [1.82, 2.24) is 5.32 Å². The predicted molar refractivity (Wildman–Crippen MR) is 90.2 cm³/mol. The molecule has 1 aromatic rings. The van der Waals surface area contributed by atoms with Crippen LogP contribution in [0, 0.1) is 5.92 Å². The third-order valence-electron chi connectivity index (χ3n) is 3.89. The Balaban J connectivity index is 0.00000242. The van der Waals surface area contributed by atoms with Crippen molar-refractivity contribution in [3.8, 4) is 0 Å². The van der Waals surface area contributed by atoms with E-state index in [1.165, 1.54) is 0 Å². The van der Waals surface area contributed by atoms with Gasteiger partial charge in [0.2, 0.25) is 5.91 Å². The van der Waals surface area contributed by atoms with Crippen molar-refractivity contribution >= 4 is 29.9 Å². The second kappa shape index (κ2) is 8.15. The molecule has 22 heavy (non-hydrogen) atoms. The molecule has 2 rings (SSSR count). The van der Waals surface area contributed by atoms with Crippen molar-refractivity contribution in [3.63, 3.8) is 0 Å². The molecule has 2 unspecified atom stereocenters. The van der Waals surface area contributed by atoms with Gasteiger partial charge in [-0.25, -0.2) is 0 Å². The molecule has 0 spiro atoms. The molecular formula is C16H24ClN3O2. The molecule has 1 aliphatic carbocycles. The molecule has 0 aliphatic heterocycles. The van der Waals surface area contributed by atoms with E-state index in [2.05, 4.69) is 10.6 Å². The van der Waals surface area contributed by atoms with Crippen LogP contribution in [-0.4, -0.2) is 23.9 Å². The highest BCUT2D eigenvalue weighted by Crippen LogP contribution is 2.19. The van der Waals surface area contributed by atoms with Gasteiger partial charge in [-0.05, 0) is 43.0 Å². The Hall–Kier alpha value is -1.59. The second-order valence-electron chi connectivity index (χ2n) is 5.73. The highest BCUT2D eigenvalue weighted by molar-refractivity contribution is 5.97. The van der Waals surface area contributed by atoms with Crippen LogP contribution in [0.4, 0.5) is 5.69 Å². The molecule has 0 heterocycles. The number of hydrogen-bond donors (Lipinski definition) is 3. The van der Waals surface area contributed by atoms with Crippen LogP contribution in [0.5, 0.6) is 0 Å². The average molecular weight is 326 g/mol. The summed E-state index contributed by atoms with van der Waals surface area (Å²) >= 11 is 0. The largest absolute Gasteiger partial charge is 0.349 e.